The summed E-state index contributed by atoms with van der Waals surface area (Å²) in [6, 6.07) is 21.9. The zero-order valence-electron chi connectivity index (χ0n) is 16.0. The van der Waals surface area contributed by atoms with Crippen LogP contribution < -0.4 is 0 Å². The number of likely N-dealkylation sites (N-methyl/N-ethyl adjacent to an activating group) is 1. The Balaban J connectivity index is 2.21. The molecule has 0 spiro atoms. The van der Waals surface area contributed by atoms with E-state index in [1.807, 2.05) is 0 Å². The van der Waals surface area contributed by atoms with Crippen molar-refractivity contribution in [2.24, 2.45) is 0 Å². The Hall–Kier alpha value is -1.90. The Morgan fingerprint density at radius 3 is 2.04 bits per heavy atom. The molecule has 0 aliphatic rings. The molecule has 0 aliphatic heterocycles. The first-order valence-corrected chi connectivity index (χ1v) is 9.05. The molecular formula is C23H31NO. The molecule has 0 bridgehead atoms. The Morgan fingerprint density at radius 1 is 0.920 bits per heavy atom. The fraction of sp³-hybridized carbons (Fsp3) is 0.391. The summed E-state index contributed by atoms with van der Waals surface area (Å²) in [5.41, 5.74) is 5.62. The molecule has 2 nitrogen and oxygen atoms in total. The molecule has 0 saturated heterocycles. The summed E-state index contributed by atoms with van der Waals surface area (Å²) in [4.78, 5) is 2.47. The first-order chi connectivity index (χ1) is 12.1. The lowest BCUT2D eigenvalue weighted by molar-refractivity contribution is 0.201. The predicted octanol–water partition coefficient (Wildman–Crippen LogP) is 5.10. The fourth-order valence-corrected chi connectivity index (χ4v) is 3.20. The van der Waals surface area contributed by atoms with Crippen LogP contribution in [-0.2, 0) is 17.7 Å². The fourth-order valence-electron chi connectivity index (χ4n) is 3.20. The number of methoxy groups -OCH3 is 1. The summed E-state index contributed by atoms with van der Waals surface area (Å²) in [6.45, 7) is 6.25. The summed E-state index contributed by atoms with van der Waals surface area (Å²) in [5, 5.41) is 0. The number of hydrogen-bond donors (Lipinski definition) is 0. The van der Waals surface area contributed by atoms with Crippen LogP contribution in [0.25, 0.3) is 0 Å². The third kappa shape index (κ3) is 6.15. The second-order valence-electron chi connectivity index (χ2n) is 6.81. The van der Waals surface area contributed by atoms with Crippen LogP contribution in [0, 0.1) is 0 Å². The molecule has 0 amide bonds. The second kappa shape index (κ2) is 10.2. The number of rotatable bonds is 9. The van der Waals surface area contributed by atoms with Gasteiger partial charge in [0.2, 0.25) is 0 Å². The van der Waals surface area contributed by atoms with Crippen molar-refractivity contribution < 1.29 is 4.74 Å². The highest BCUT2D eigenvalue weighted by Crippen LogP contribution is 2.22. The Bertz CT molecular complexity index is 648. The lowest BCUT2D eigenvalue weighted by Gasteiger charge is -2.31. The lowest BCUT2D eigenvalue weighted by Crippen LogP contribution is -2.34. The Labute approximate surface area is 153 Å². The largest absolute Gasteiger partial charge is 0.384 e. The maximum atomic E-state index is 5.27. The molecule has 134 valence electrons. The summed E-state index contributed by atoms with van der Waals surface area (Å²) >= 11 is 0. The van der Waals surface area contributed by atoms with E-state index in [4.69, 9.17) is 4.74 Å². The van der Waals surface area contributed by atoms with Crippen LogP contribution in [-0.4, -0.2) is 31.7 Å². The van der Waals surface area contributed by atoms with Gasteiger partial charge in [-0.15, -0.1) is 0 Å². The van der Waals surface area contributed by atoms with Crippen molar-refractivity contribution in [1.82, 2.24) is 4.90 Å². The molecular weight excluding hydrogens is 306 g/mol. The van der Waals surface area contributed by atoms with Crippen LogP contribution in [0.1, 0.15) is 31.4 Å². The van der Waals surface area contributed by atoms with Gasteiger partial charge >= 0.3 is 0 Å². The van der Waals surface area contributed by atoms with Crippen LogP contribution in [0.2, 0.25) is 0 Å². The van der Waals surface area contributed by atoms with Crippen molar-refractivity contribution in [3.63, 3.8) is 0 Å². The van der Waals surface area contributed by atoms with Gasteiger partial charge in [-0.25, -0.2) is 0 Å². The molecule has 0 heterocycles. The highest BCUT2D eigenvalue weighted by Gasteiger charge is 2.19. The van der Waals surface area contributed by atoms with E-state index in [1.165, 1.54) is 22.3 Å². The van der Waals surface area contributed by atoms with Crippen LogP contribution in [0.5, 0.6) is 0 Å². The summed E-state index contributed by atoms with van der Waals surface area (Å²) < 4.78 is 5.27. The van der Waals surface area contributed by atoms with E-state index < -0.39 is 0 Å². The maximum absolute atomic E-state index is 5.27. The minimum atomic E-state index is 0.388. The summed E-state index contributed by atoms with van der Waals surface area (Å²) in [6.07, 6.45) is 2.02. The highest BCUT2D eigenvalue weighted by atomic mass is 16.5. The van der Waals surface area contributed by atoms with Gasteiger partial charge in [0, 0.05) is 26.3 Å². The smallest absolute Gasteiger partial charge is 0.0499 e. The van der Waals surface area contributed by atoms with E-state index in [-0.39, 0.29) is 0 Å². The Morgan fingerprint density at radius 2 is 1.48 bits per heavy atom. The third-order valence-electron chi connectivity index (χ3n) is 4.93. The summed E-state index contributed by atoms with van der Waals surface area (Å²) in [5.74, 6) is 0. The second-order valence-corrected chi connectivity index (χ2v) is 6.81. The lowest BCUT2D eigenvalue weighted by atomic mass is 9.94. The van der Waals surface area contributed by atoms with Crippen LogP contribution >= 0.6 is 0 Å². The molecule has 1 atom stereocenters. The van der Waals surface area contributed by atoms with Gasteiger partial charge in [0.1, 0.15) is 0 Å². The van der Waals surface area contributed by atoms with Crippen molar-refractivity contribution >= 4 is 0 Å². The molecule has 0 saturated carbocycles. The van der Waals surface area contributed by atoms with Gasteiger partial charge in [-0.3, -0.25) is 4.90 Å². The zero-order chi connectivity index (χ0) is 18.1. The van der Waals surface area contributed by atoms with E-state index in [0.29, 0.717) is 6.04 Å². The van der Waals surface area contributed by atoms with E-state index >= 15 is 0 Å². The average molecular weight is 338 g/mol. The molecule has 1 unspecified atom stereocenters. The van der Waals surface area contributed by atoms with Gasteiger partial charge in [-0.2, -0.15) is 0 Å². The van der Waals surface area contributed by atoms with E-state index in [9.17, 15) is 0 Å². The molecule has 0 aliphatic carbocycles. The van der Waals surface area contributed by atoms with E-state index in [2.05, 4.69) is 86.5 Å². The number of hydrogen-bond acceptors (Lipinski definition) is 2. The molecule has 0 fully saturated rings. The number of benzene rings is 2. The van der Waals surface area contributed by atoms with Crippen LogP contribution in [0.4, 0.5) is 0 Å². The van der Waals surface area contributed by atoms with Gasteiger partial charge in [0.25, 0.3) is 0 Å². The van der Waals surface area contributed by atoms with E-state index in [1.54, 1.807) is 7.11 Å². The molecule has 25 heavy (non-hydrogen) atoms. The average Bonchev–Trinajstić information content (AvgIpc) is 2.65. The molecule has 2 aromatic rings. The van der Waals surface area contributed by atoms with Crippen molar-refractivity contribution in [2.45, 2.75) is 39.3 Å². The number of ether oxygens (including phenoxy) is 1. The molecule has 0 aromatic heterocycles. The minimum absolute atomic E-state index is 0.388. The first-order valence-electron chi connectivity index (χ1n) is 9.05. The van der Waals surface area contributed by atoms with Crippen molar-refractivity contribution in [1.29, 1.82) is 0 Å². The van der Waals surface area contributed by atoms with E-state index in [0.717, 1.165) is 26.0 Å². The van der Waals surface area contributed by atoms with Crippen LogP contribution in [0.3, 0.4) is 0 Å². The predicted molar refractivity (Wildman–Crippen MR) is 107 cm³/mol. The zero-order valence-corrected chi connectivity index (χ0v) is 16.0. The van der Waals surface area contributed by atoms with Crippen molar-refractivity contribution in [2.75, 3.05) is 20.8 Å². The summed E-state index contributed by atoms with van der Waals surface area (Å²) in [7, 11) is 4.00. The molecule has 0 N–H and O–H groups in total. The minimum Gasteiger partial charge on any atom is -0.384 e. The van der Waals surface area contributed by atoms with Gasteiger partial charge in [-0.05, 0) is 44.9 Å². The quantitative estimate of drug-likeness (QED) is 0.590. The van der Waals surface area contributed by atoms with Gasteiger partial charge < -0.3 is 4.74 Å². The molecule has 2 aromatic carbocycles. The van der Waals surface area contributed by atoms with Crippen LogP contribution in [0.15, 0.2) is 71.8 Å². The monoisotopic (exact) mass is 337 g/mol. The first kappa shape index (κ1) is 19.4. The standard InChI is InChI=1S/C23H31NO/c1-19(15-16-25-4)20(2)23(17-21-11-7-5-8-12-21)24(3)18-22-13-9-6-10-14-22/h5-14,23H,15-18H2,1-4H3. The highest BCUT2D eigenvalue weighted by molar-refractivity contribution is 5.24. The van der Waals surface area contributed by atoms with Gasteiger partial charge in [-0.1, -0.05) is 71.8 Å². The normalized spacial score (nSPS) is 13.6. The maximum Gasteiger partial charge on any atom is 0.0499 e. The van der Waals surface area contributed by atoms with Crippen molar-refractivity contribution in [3.8, 4) is 0 Å². The number of nitrogens with zero attached hydrogens (tertiary/aromatic N) is 1. The topological polar surface area (TPSA) is 12.5 Å². The molecule has 2 heteroatoms. The Kier molecular flexibility index (Phi) is 7.90. The van der Waals surface area contributed by atoms with Crippen molar-refractivity contribution in [3.05, 3.63) is 82.9 Å². The SMILES string of the molecule is COCCC(C)=C(C)C(Cc1ccccc1)N(C)Cc1ccccc1. The third-order valence-corrected chi connectivity index (χ3v) is 4.93. The molecule has 0 radical (unpaired) electrons. The van der Waals surface area contributed by atoms with Gasteiger partial charge in [0.15, 0.2) is 0 Å². The molecule has 2 rings (SSSR count). The van der Waals surface area contributed by atoms with Gasteiger partial charge in [0.05, 0.1) is 0 Å².